The molecular weight excluding hydrogens is 176 g/mol. The first kappa shape index (κ1) is 10.4. The summed E-state index contributed by atoms with van der Waals surface area (Å²) in [7, 11) is 0. The molecule has 0 saturated heterocycles. The van der Waals surface area contributed by atoms with Gasteiger partial charge in [-0.15, -0.1) is 12.3 Å². The lowest BCUT2D eigenvalue weighted by Crippen LogP contribution is -2.01. The molecule has 3 heteroatoms. The number of terminal acetylenes is 1. The fourth-order valence-electron chi connectivity index (χ4n) is 0.997. The van der Waals surface area contributed by atoms with Crippen molar-refractivity contribution in [3.05, 3.63) is 18.3 Å². The van der Waals surface area contributed by atoms with Gasteiger partial charge in [-0.3, -0.25) is 0 Å². The Kier molecular flexibility index (Phi) is 4.36. The quantitative estimate of drug-likeness (QED) is 0.569. The van der Waals surface area contributed by atoms with E-state index in [0.717, 1.165) is 12.2 Å². The molecule has 0 aliphatic heterocycles. The number of hydrogen-bond donors (Lipinski definition) is 1. The Morgan fingerprint density at radius 1 is 1.57 bits per heavy atom. The van der Waals surface area contributed by atoms with E-state index in [-0.39, 0.29) is 0 Å². The lowest BCUT2D eigenvalue weighted by Gasteiger charge is -2.05. The highest BCUT2D eigenvalue weighted by Gasteiger charge is 1.94. The van der Waals surface area contributed by atoms with E-state index >= 15 is 0 Å². The molecule has 0 bridgehead atoms. The third-order valence-electron chi connectivity index (χ3n) is 1.63. The van der Waals surface area contributed by atoms with Crippen LogP contribution in [0.4, 0.5) is 5.69 Å². The lowest BCUT2D eigenvalue weighted by molar-refractivity contribution is 0.327. The molecule has 74 valence electrons. The second-order valence-corrected chi connectivity index (χ2v) is 2.70. The van der Waals surface area contributed by atoms with Gasteiger partial charge in [0.05, 0.1) is 18.5 Å². The number of ether oxygens (including phenoxy) is 1. The van der Waals surface area contributed by atoms with Crippen molar-refractivity contribution in [2.75, 3.05) is 18.5 Å². The number of nitrogens with one attached hydrogen (secondary N) is 1. The summed E-state index contributed by atoms with van der Waals surface area (Å²) in [5, 5.41) is 3.15. The van der Waals surface area contributed by atoms with E-state index in [1.165, 1.54) is 0 Å². The van der Waals surface area contributed by atoms with Gasteiger partial charge in [0.15, 0.2) is 0 Å². The molecule has 14 heavy (non-hydrogen) atoms. The summed E-state index contributed by atoms with van der Waals surface area (Å²) in [6.45, 7) is 3.34. The molecule has 0 fully saturated rings. The van der Waals surface area contributed by atoms with Crippen molar-refractivity contribution in [2.45, 2.75) is 13.3 Å². The SMILES string of the molecule is C#CCCNc1ccc(OCC)nc1. The molecule has 0 atom stereocenters. The third kappa shape index (κ3) is 3.36. The fraction of sp³-hybridized carbons (Fsp3) is 0.364. The van der Waals surface area contributed by atoms with Crippen molar-refractivity contribution < 1.29 is 4.74 Å². The number of pyridine rings is 1. The van der Waals surface area contributed by atoms with Crippen LogP contribution in [-0.4, -0.2) is 18.1 Å². The Morgan fingerprint density at radius 2 is 2.43 bits per heavy atom. The molecule has 0 aliphatic rings. The maximum Gasteiger partial charge on any atom is 0.213 e. The second-order valence-electron chi connectivity index (χ2n) is 2.70. The van der Waals surface area contributed by atoms with Gasteiger partial charge in [-0.25, -0.2) is 4.98 Å². The van der Waals surface area contributed by atoms with Crippen LogP contribution in [0.3, 0.4) is 0 Å². The van der Waals surface area contributed by atoms with Crippen LogP contribution >= 0.6 is 0 Å². The summed E-state index contributed by atoms with van der Waals surface area (Å²) < 4.78 is 5.22. The van der Waals surface area contributed by atoms with E-state index in [9.17, 15) is 0 Å². The maximum absolute atomic E-state index is 5.22. The first-order valence-electron chi connectivity index (χ1n) is 4.63. The second kappa shape index (κ2) is 5.87. The number of rotatable bonds is 5. The number of nitrogens with zero attached hydrogens (tertiary/aromatic N) is 1. The predicted molar refractivity (Wildman–Crippen MR) is 57.3 cm³/mol. The molecule has 0 saturated carbocycles. The van der Waals surface area contributed by atoms with Crippen LogP contribution in [-0.2, 0) is 0 Å². The highest BCUT2D eigenvalue weighted by Crippen LogP contribution is 2.10. The zero-order valence-corrected chi connectivity index (χ0v) is 8.29. The Hall–Kier alpha value is -1.69. The van der Waals surface area contributed by atoms with Crippen molar-refractivity contribution in [1.82, 2.24) is 4.98 Å². The molecule has 1 aromatic heterocycles. The van der Waals surface area contributed by atoms with Gasteiger partial charge in [-0.2, -0.15) is 0 Å². The summed E-state index contributed by atoms with van der Waals surface area (Å²) in [6, 6.07) is 3.76. The van der Waals surface area contributed by atoms with Gasteiger partial charge >= 0.3 is 0 Å². The van der Waals surface area contributed by atoms with E-state index in [1.807, 2.05) is 19.1 Å². The van der Waals surface area contributed by atoms with Gasteiger partial charge in [-0.05, 0) is 13.0 Å². The minimum atomic E-state index is 0.636. The fourth-order valence-corrected chi connectivity index (χ4v) is 0.997. The Morgan fingerprint density at radius 3 is 3.00 bits per heavy atom. The highest BCUT2D eigenvalue weighted by molar-refractivity contribution is 5.41. The average Bonchev–Trinajstić information content (AvgIpc) is 2.21. The van der Waals surface area contributed by atoms with Gasteiger partial charge in [0.2, 0.25) is 5.88 Å². The van der Waals surface area contributed by atoms with Crippen LogP contribution in [0.25, 0.3) is 0 Å². The average molecular weight is 190 g/mol. The lowest BCUT2D eigenvalue weighted by atomic mass is 10.4. The van der Waals surface area contributed by atoms with E-state index in [0.29, 0.717) is 18.9 Å². The van der Waals surface area contributed by atoms with Gasteiger partial charge in [0.1, 0.15) is 0 Å². The van der Waals surface area contributed by atoms with Crippen LogP contribution in [0.5, 0.6) is 5.88 Å². The molecule has 0 spiro atoms. The highest BCUT2D eigenvalue weighted by atomic mass is 16.5. The van der Waals surface area contributed by atoms with Crippen molar-refractivity contribution in [1.29, 1.82) is 0 Å². The smallest absolute Gasteiger partial charge is 0.213 e. The summed E-state index contributed by atoms with van der Waals surface area (Å²) in [5.74, 6) is 3.21. The van der Waals surface area contributed by atoms with Crippen molar-refractivity contribution in [3.63, 3.8) is 0 Å². The van der Waals surface area contributed by atoms with Crippen molar-refractivity contribution >= 4 is 5.69 Å². The summed E-state index contributed by atoms with van der Waals surface area (Å²) in [4.78, 5) is 4.11. The number of anilines is 1. The summed E-state index contributed by atoms with van der Waals surface area (Å²) in [6.07, 6.45) is 7.58. The summed E-state index contributed by atoms with van der Waals surface area (Å²) >= 11 is 0. The molecule has 1 N–H and O–H groups in total. The van der Waals surface area contributed by atoms with Crippen molar-refractivity contribution in [2.24, 2.45) is 0 Å². The molecule has 0 amide bonds. The first-order chi connectivity index (χ1) is 6.86. The molecule has 1 aromatic rings. The molecule has 0 unspecified atom stereocenters. The van der Waals surface area contributed by atoms with Crippen LogP contribution in [0.1, 0.15) is 13.3 Å². The Balaban J connectivity index is 2.43. The number of aromatic nitrogens is 1. The normalized spacial score (nSPS) is 9.14. The van der Waals surface area contributed by atoms with E-state index < -0.39 is 0 Å². The van der Waals surface area contributed by atoms with Crippen LogP contribution < -0.4 is 10.1 Å². The van der Waals surface area contributed by atoms with Gasteiger partial charge in [0, 0.05) is 19.0 Å². The molecule has 0 radical (unpaired) electrons. The van der Waals surface area contributed by atoms with Gasteiger partial charge in [-0.1, -0.05) is 0 Å². The zero-order chi connectivity index (χ0) is 10.2. The molecule has 1 rings (SSSR count). The first-order valence-corrected chi connectivity index (χ1v) is 4.63. The topological polar surface area (TPSA) is 34.1 Å². The van der Waals surface area contributed by atoms with Crippen molar-refractivity contribution in [3.8, 4) is 18.2 Å². The van der Waals surface area contributed by atoms with Crippen LogP contribution in [0.15, 0.2) is 18.3 Å². The zero-order valence-electron chi connectivity index (χ0n) is 8.29. The van der Waals surface area contributed by atoms with Gasteiger partial charge < -0.3 is 10.1 Å². The molecule has 1 heterocycles. The van der Waals surface area contributed by atoms with Gasteiger partial charge in [0.25, 0.3) is 0 Å². The Bertz CT molecular complexity index is 300. The van der Waals surface area contributed by atoms with Crippen LogP contribution in [0.2, 0.25) is 0 Å². The predicted octanol–water partition coefficient (Wildman–Crippen LogP) is 1.92. The number of hydrogen-bond acceptors (Lipinski definition) is 3. The summed E-state index contributed by atoms with van der Waals surface area (Å²) in [5.41, 5.74) is 0.962. The largest absolute Gasteiger partial charge is 0.478 e. The third-order valence-corrected chi connectivity index (χ3v) is 1.63. The van der Waals surface area contributed by atoms with E-state index in [2.05, 4.69) is 16.2 Å². The molecular formula is C11H14N2O. The van der Waals surface area contributed by atoms with E-state index in [4.69, 9.17) is 11.2 Å². The monoisotopic (exact) mass is 190 g/mol. The Labute approximate surface area is 84.5 Å². The van der Waals surface area contributed by atoms with Crippen LogP contribution in [0, 0.1) is 12.3 Å². The molecule has 0 aliphatic carbocycles. The molecule has 0 aromatic carbocycles. The maximum atomic E-state index is 5.22. The minimum absolute atomic E-state index is 0.636. The standard InChI is InChI=1S/C11H14N2O/c1-3-5-8-12-10-6-7-11(13-9-10)14-4-2/h1,6-7,9,12H,4-5,8H2,2H3. The minimum Gasteiger partial charge on any atom is -0.478 e. The van der Waals surface area contributed by atoms with E-state index in [1.54, 1.807) is 6.20 Å². The molecule has 3 nitrogen and oxygen atoms in total.